The number of anilines is 2. The number of nitrogens with one attached hydrogen (secondary N) is 2. The highest BCUT2D eigenvalue weighted by atomic mass is 16.5. The van der Waals surface area contributed by atoms with Gasteiger partial charge in [-0.1, -0.05) is 19.1 Å². The van der Waals surface area contributed by atoms with E-state index in [1.807, 2.05) is 62.4 Å². The van der Waals surface area contributed by atoms with Crippen molar-refractivity contribution in [2.45, 2.75) is 20.3 Å². The average Bonchev–Trinajstić information content (AvgIpc) is 2.67. The van der Waals surface area contributed by atoms with Gasteiger partial charge in [-0.2, -0.15) is 5.26 Å². The van der Waals surface area contributed by atoms with Crippen LogP contribution in [0.5, 0.6) is 5.75 Å². The fraction of sp³-hybridized carbons (Fsp3) is 0.238. The Labute approximate surface area is 154 Å². The number of nitriles is 1. The van der Waals surface area contributed by atoms with Gasteiger partial charge in [0.25, 0.3) is 0 Å². The summed E-state index contributed by atoms with van der Waals surface area (Å²) in [5.74, 6) is 0.706. The van der Waals surface area contributed by atoms with Gasteiger partial charge in [-0.05, 0) is 42.8 Å². The van der Waals surface area contributed by atoms with Crippen molar-refractivity contribution in [3.63, 3.8) is 0 Å². The van der Waals surface area contributed by atoms with Gasteiger partial charge in [0, 0.05) is 36.0 Å². The number of carbonyl (C=O) groups is 1. The van der Waals surface area contributed by atoms with Crippen molar-refractivity contribution in [1.82, 2.24) is 0 Å². The minimum atomic E-state index is -0.0282. The SMILES string of the molecule is CCNc1cc(OC)ccc1/C(C#N)=C/c1ccc(NC(=O)CC)cc1. The van der Waals surface area contributed by atoms with Crippen molar-refractivity contribution in [3.8, 4) is 11.8 Å². The molecular formula is C21H23N3O2. The highest BCUT2D eigenvalue weighted by Gasteiger charge is 2.09. The lowest BCUT2D eigenvalue weighted by Crippen LogP contribution is -2.09. The molecule has 0 spiro atoms. The molecule has 2 aromatic carbocycles. The molecule has 5 heteroatoms. The van der Waals surface area contributed by atoms with Crippen LogP contribution in [0, 0.1) is 11.3 Å². The molecule has 26 heavy (non-hydrogen) atoms. The van der Waals surface area contributed by atoms with E-state index in [-0.39, 0.29) is 5.91 Å². The molecule has 0 aliphatic carbocycles. The van der Waals surface area contributed by atoms with Gasteiger partial charge < -0.3 is 15.4 Å². The molecule has 1 amide bonds. The van der Waals surface area contributed by atoms with Gasteiger partial charge in [0.2, 0.25) is 5.91 Å². The number of nitrogens with zero attached hydrogens (tertiary/aromatic N) is 1. The van der Waals surface area contributed by atoms with Crippen LogP contribution in [0.1, 0.15) is 31.4 Å². The van der Waals surface area contributed by atoms with E-state index in [1.54, 1.807) is 7.11 Å². The van der Waals surface area contributed by atoms with Crippen LogP contribution in [0.3, 0.4) is 0 Å². The van der Waals surface area contributed by atoms with Gasteiger partial charge in [0.1, 0.15) is 5.75 Å². The number of hydrogen-bond donors (Lipinski definition) is 2. The van der Waals surface area contributed by atoms with Crippen molar-refractivity contribution >= 4 is 28.9 Å². The minimum Gasteiger partial charge on any atom is -0.497 e. The van der Waals surface area contributed by atoms with Crippen LogP contribution in [0.25, 0.3) is 11.6 Å². The first-order valence-corrected chi connectivity index (χ1v) is 8.55. The van der Waals surface area contributed by atoms with E-state index in [2.05, 4.69) is 16.7 Å². The van der Waals surface area contributed by atoms with Crippen molar-refractivity contribution in [2.24, 2.45) is 0 Å². The van der Waals surface area contributed by atoms with Crippen molar-refractivity contribution in [1.29, 1.82) is 5.26 Å². The van der Waals surface area contributed by atoms with E-state index in [0.717, 1.165) is 34.8 Å². The summed E-state index contributed by atoms with van der Waals surface area (Å²) in [7, 11) is 1.62. The molecule has 0 heterocycles. The standard InChI is InChI=1S/C21H23N3O2/c1-4-21(25)24-17-8-6-15(7-9-17)12-16(14-22)19-11-10-18(26-3)13-20(19)23-5-2/h6-13,23H,4-5H2,1-3H3,(H,24,25)/b16-12+. The predicted octanol–water partition coefficient (Wildman–Crippen LogP) is 4.54. The minimum absolute atomic E-state index is 0.0282. The summed E-state index contributed by atoms with van der Waals surface area (Å²) in [5.41, 5.74) is 3.85. The van der Waals surface area contributed by atoms with Gasteiger partial charge in [-0.25, -0.2) is 0 Å². The van der Waals surface area contributed by atoms with E-state index in [9.17, 15) is 10.1 Å². The zero-order chi connectivity index (χ0) is 18.9. The summed E-state index contributed by atoms with van der Waals surface area (Å²) >= 11 is 0. The molecule has 0 radical (unpaired) electrons. The molecule has 2 rings (SSSR count). The highest BCUT2D eigenvalue weighted by molar-refractivity contribution is 5.95. The summed E-state index contributed by atoms with van der Waals surface area (Å²) in [6, 6.07) is 15.3. The summed E-state index contributed by atoms with van der Waals surface area (Å²) < 4.78 is 5.27. The van der Waals surface area contributed by atoms with E-state index < -0.39 is 0 Å². The quantitative estimate of drug-likeness (QED) is 0.568. The molecule has 134 valence electrons. The van der Waals surface area contributed by atoms with E-state index in [0.29, 0.717) is 12.0 Å². The molecule has 0 aliphatic rings. The largest absolute Gasteiger partial charge is 0.497 e. The average molecular weight is 349 g/mol. The monoisotopic (exact) mass is 349 g/mol. The van der Waals surface area contributed by atoms with Crippen molar-refractivity contribution in [3.05, 3.63) is 53.6 Å². The van der Waals surface area contributed by atoms with Crippen LogP contribution in [-0.4, -0.2) is 19.6 Å². The van der Waals surface area contributed by atoms with Crippen LogP contribution in [0.2, 0.25) is 0 Å². The van der Waals surface area contributed by atoms with Crippen LogP contribution < -0.4 is 15.4 Å². The lowest BCUT2D eigenvalue weighted by atomic mass is 10.0. The number of allylic oxidation sites excluding steroid dienone is 1. The summed E-state index contributed by atoms with van der Waals surface area (Å²) in [6.45, 7) is 4.55. The summed E-state index contributed by atoms with van der Waals surface area (Å²) in [6.07, 6.45) is 2.26. The predicted molar refractivity (Wildman–Crippen MR) is 106 cm³/mol. The third-order valence-electron chi connectivity index (χ3n) is 3.83. The van der Waals surface area contributed by atoms with Gasteiger partial charge in [-0.3, -0.25) is 4.79 Å². The maximum absolute atomic E-state index is 11.4. The Hall–Kier alpha value is -3.26. The third kappa shape index (κ3) is 4.87. The summed E-state index contributed by atoms with van der Waals surface area (Å²) in [5, 5.41) is 15.7. The second kappa shape index (κ2) is 9.28. The topological polar surface area (TPSA) is 74.2 Å². The number of carbonyl (C=O) groups excluding carboxylic acids is 1. The van der Waals surface area contributed by atoms with E-state index in [4.69, 9.17) is 4.74 Å². The Morgan fingerprint density at radius 1 is 1.19 bits per heavy atom. The van der Waals surface area contributed by atoms with Crippen LogP contribution in [0.15, 0.2) is 42.5 Å². The maximum atomic E-state index is 11.4. The second-order valence-electron chi connectivity index (χ2n) is 5.64. The van der Waals surface area contributed by atoms with Crippen LogP contribution >= 0.6 is 0 Å². The van der Waals surface area contributed by atoms with E-state index in [1.165, 1.54) is 0 Å². The van der Waals surface area contributed by atoms with E-state index >= 15 is 0 Å². The molecule has 2 aromatic rings. The zero-order valence-electron chi connectivity index (χ0n) is 15.3. The molecule has 0 aliphatic heterocycles. The fourth-order valence-electron chi connectivity index (χ4n) is 2.47. The van der Waals surface area contributed by atoms with Crippen LogP contribution in [0.4, 0.5) is 11.4 Å². The normalized spacial score (nSPS) is 10.8. The zero-order valence-corrected chi connectivity index (χ0v) is 15.3. The first-order chi connectivity index (χ1) is 12.6. The Morgan fingerprint density at radius 2 is 1.92 bits per heavy atom. The number of ether oxygens (including phenoxy) is 1. The molecule has 0 saturated heterocycles. The first-order valence-electron chi connectivity index (χ1n) is 8.55. The molecule has 0 saturated carbocycles. The first kappa shape index (κ1) is 19.1. The Kier molecular flexibility index (Phi) is 6.81. The molecule has 0 fully saturated rings. The Balaban J connectivity index is 2.33. The number of benzene rings is 2. The molecule has 0 unspecified atom stereocenters. The van der Waals surface area contributed by atoms with Crippen LogP contribution in [-0.2, 0) is 4.79 Å². The molecule has 0 atom stereocenters. The number of hydrogen-bond acceptors (Lipinski definition) is 4. The molecule has 5 nitrogen and oxygen atoms in total. The van der Waals surface area contributed by atoms with Crippen molar-refractivity contribution in [2.75, 3.05) is 24.3 Å². The lowest BCUT2D eigenvalue weighted by molar-refractivity contribution is -0.115. The number of amides is 1. The maximum Gasteiger partial charge on any atom is 0.224 e. The van der Waals surface area contributed by atoms with Gasteiger partial charge in [0.15, 0.2) is 0 Å². The molecule has 0 bridgehead atoms. The molecule has 0 aromatic heterocycles. The highest BCUT2D eigenvalue weighted by Crippen LogP contribution is 2.29. The summed E-state index contributed by atoms with van der Waals surface area (Å²) in [4.78, 5) is 11.4. The van der Waals surface area contributed by atoms with Gasteiger partial charge >= 0.3 is 0 Å². The van der Waals surface area contributed by atoms with Gasteiger partial charge in [-0.15, -0.1) is 0 Å². The Bertz CT molecular complexity index is 833. The second-order valence-corrected chi connectivity index (χ2v) is 5.64. The number of methoxy groups -OCH3 is 1. The molecule has 2 N–H and O–H groups in total. The smallest absolute Gasteiger partial charge is 0.224 e. The number of rotatable bonds is 7. The fourth-order valence-corrected chi connectivity index (χ4v) is 2.47. The Morgan fingerprint density at radius 3 is 2.50 bits per heavy atom. The van der Waals surface area contributed by atoms with Gasteiger partial charge in [0.05, 0.1) is 18.8 Å². The third-order valence-corrected chi connectivity index (χ3v) is 3.83. The lowest BCUT2D eigenvalue weighted by Gasteiger charge is -2.12. The van der Waals surface area contributed by atoms with Crippen molar-refractivity contribution < 1.29 is 9.53 Å². The molecular weight excluding hydrogens is 326 g/mol.